The lowest BCUT2D eigenvalue weighted by Gasteiger charge is -2.27. The Bertz CT molecular complexity index is 564. The second kappa shape index (κ2) is 6.17. The quantitative estimate of drug-likeness (QED) is 0.856. The largest absolute Gasteiger partial charge is 0.364 e. The number of halogens is 1. The Balaban J connectivity index is 1.90. The number of nitrogens with one attached hydrogen (secondary N) is 1. The molecular weight excluding hydrogens is 288 g/mol. The molecule has 0 radical (unpaired) electrons. The van der Waals surface area contributed by atoms with Gasteiger partial charge in [-0.1, -0.05) is 11.6 Å². The molecular formula is C16H19ClN2S. The average molecular weight is 307 g/mol. The summed E-state index contributed by atoms with van der Waals surface area (Å²) in [6.45, 7) is 1.84. The molecule has 1 fully saturated rings. The van der Waals surface area contributed by atoms with Gasteiger partial charge in [0.05, 0.1) is 0 Å². The van der Waals surface area contributed by atoms with Gasteiger partial charge in [-0.25, -0.2) is 0 Å². The minimum Gasteiger partial charge on any atom is -0.364 e. The molecule has 1 aromatic heterocycles. The van der Waals surface area contributed by atoms with Gasteiger partial charge in [-0.05, 0) is 66.0 Å². The highest BCUT2D eigenvalue weighted by Gasteiger charge is 2.30. The summed E-state index contributed by atoms with van der Waals surface area (Å²) >= 11 is 7.92. The molecule has 1 aromatic carbocycles. The SMILES string of the molecule is CNCc1cc(Cl)ccc1N(Cc1ccsc1)C1CC1. The Morgan fingerprint density at radius 1 is 1.35 bits per heavy atom. The van der Waals surface area contributed by atoms with Crippen LogP contribution in [0.4, 0.5) is 5.69 Å². The second-order valence-electron chi connectivity index (χ2n) is 5.29. The number of hydrogen-bond acceptors (Lipinski definition) is 3. The molecule has 1 aliphatic carbocycles. The number of anilines is 1. The highest BCUT2D eigenvalue weighted by atomic mass is 35.5. The van der Waals surface area contributed by atoms with Crippen LogP contribution >= 0.6 is 22.9 Å². The standard InChI is InChI=1S/C16H19ClN2S/c1-18-9-13-8-14(17)2-5-16(13)19(15-3-4-15)10-12-6-7-20-11-12/h2,5-8,11,15,18H,3-4,9-10H2,1H3. The van der Waals surface area contributed by atoms with Crippen molar-refractivity contribution in [2.24, 2.45) is 0 Å². The van der Waals surface area contributed by atoms with Crippen LogP contribution in [0.1, 0.15) is 24.0 Å². The van der Waals surface area contributed by atoms with Gasteiger partial charge in [0.25, 0.3) is 0 Å². The summed E-state index contributed by atoms with van der Waals surface area (Å²) in [5.41, 5.74) is 3.99. The topological polar surface area (TPSA) is 15.3 Å². The van der Waals surface area contributed by atoms with Gasteiger partial charge in [0.1, 0.15) is 0 Å². The molecule has 1 N–H and O–H groups in total. The predicted octanol–water partition coefficient (Wildman–Crippen LogP) is 4.29. The van der Waals surface area contributed by atoms with E-state index in [4.69, 9.17) is 11.6 Å². The number of benzene rings is 1. The van der Waals surface area contributed by atoms with Crippen LogP contribution in [0.5, 0.6) is 0 Å². The zero-order valence-corrected chi connectivity index (χ0v) is 13.2. The second-order valence-corrected chi connectivity index (χ2v) is 6.51. The van der Waals surface area contributed by atoms with Crippen LogP contribution in [0.3, 0.4) is 0 Å². The van der Waals surface area contributed by atoms with Gasteiger partial charge in [-0.3, -0.25) is 0 Å². The fourth-order valence-corrected chi connectivity index (χ4v) is 3.40. The highest BCUT2D eigenvalue weighted by Crippen LogP contribution is 2.36. The van der Waals surface area contributed by atoms with E-state index in [0.29, 0.717) is 6.04 Å². The molecule has 0 spiro atoms. The Morgan fingerprint density at radius 3 is 2.85 bits per heavy atom. The van der Waals surface area contributed by atoms with Crippen LogP contribution in [0.25, 0.3) is 0 Å². The Morgan fingerprint density at radius 2 is 2.20 bits per heavy atom. The molecule has 1 heterocycles. The molecule has 20 heavy (non-hydrogen) atoms. The van der Waals surface area contributed by atoms with Crippen molar-refractivity contribution in [1.29, 1.82) is 0 Å². The van der Waals surface area contributed by atoms with Crippen molar-refractivity contribution in [3.8, 4) is 0 Å². The normalized spacial score (nSPS) is 14.5. The molecule has 4 heteroatoms. The van der Waals surface area contributed by atoms with E-state index in [1.807, 2.05) is 13.1 Å². The predicted molar refractivity (Wildman–Crippen MR) is 87.7 cm³/mol. The molecule has 2 aromatic rings. The van der Waals surface area contributed by atoms with E-state index in [-0.39, 0.29) is 0 Å². The smallest absolute Gasteiger partial charge is 0.0440 e. The van der Waals surface area contributed by atoms with Crippen molar-refractivity contribution in [3.63, 3.8) is 0 Å². The summed E-state index contributed by atoms with van der Waals surface area (Å²) in [6.07, 6.45) is 2.59. The molecule has 0 atom stereocenters. The minimum atomic E-state index is 0.687. The lowest BCUT2D eigenvalue weighted by molar-refractivity contribution is 0.766. The lowest BCUT2D eigenvalue weighted by Crippen LogP contribution is -2.26. The van der Waals surface area contributed by atoms with Crippen LogP contribution in [0.15, 0.2) is 35.0 Å². The van der Waals surface area contributed by atoms with Gasteiger partial charge < -0.3 is 10.2 Å². The van der Waals surface area contributed by atoms with Crippen LogP contribution < -0.4 is 10.2 Å². The maximum atomic E-state index is 6.15. The Kier molecular flexibility index (Phi) is 4.29. The third-order valence-corrected chi connectivity index (χ3v) is 4.61. The first kappa shape index (κ1) is 13.9. The zero-order chi connectivity index (χ0) is 13.9. The fourth-order valence-electron chi connectivity index (χ4n) is 2.54. The van der Waals surface area contributed by atoms with E-state index in [1.165, 1.54) is 29.7 Å². The molecule has 0 aliphatic heterocycles. The monoisotopic (exact) mass is 306 g/mol. The number of rotatable bonds is 6. The maximum absolute atomic E-state index is 6.15. The van der Waals surface area contributed by atoms with E-state index in [9.17, 15) is 0 Å². The third kappa shape index (κ3) is 3.17. The first-order chi connectivity index (χ1) is 9.78. The van der Waals surface area contributed by atoms with Crippen LogP contribution in [0, 0.1) is 0 Å². The number of thiophene rings is 1. The number of hydrogen-bond donors (Lipinski definition) is 1. The summed E-state index contributed by atoms with van der Waals surface area (Å²) in [7, 11) is 1.98. The average Bonchev–Trinajstić information content (AvgIpc) is 3.15. The summed E-state index contributed by atoms with van der Waals surface area (Å²) in [5.74, 6) is 0. The molecule has 1 aliphatic rings. The van der Waals surface area contributed by atoms with Crippen LogP contribution in [-0.4, -0.2) is 13.1 Å². The zero-order valence-electron chi connectivity index (χ0n) is 11.6. The van der Waals surface area contributed by atoms with Gasteiger partial charge in [0.2, 0.25) is 0 Å². The van der Waals surface area contributed by atoms with Crippen molar-refractivity contribution >= 4 is 28.6 Å². The van der Waals surface area contributed by atoms with Gasteiger partial charge in [0.15, 0.2) is 0 Å². The molecule has 106 valence electrons. The minimum absolute atomic E-state index is 0.687. The van der Waals surface area contributed by atoms with E-state index in [1.54, 1.807) is 11.3 Å². The van der Waals surface area contributed by atoms with E-state index >= 15 is 0 Å². The molecule has 1 saturated carbocycles. The molecule has 2 nitrogen and oxygen atoms in total. The summed E-state index contributed by atoms with van der Waals surface area (Å²) < 4.78 is 0. The van der Waals surface area contributed by atoms with Gasteiger partial charge in [0, 0.05) is 29.8 Å². The Hall–Kier alpha value is -1.03. The maximum Gasteiger partial charge on any atom is 0.0440 e. The van der Waals surface area contributed by atoms with Crippen molar-refractivity contribution in [2.75, 3.05) is 11.9 Å². The van der Waals surface area contributed by atoms with Gasteiger partial charge >= 0.3 is 0 Å². The van der Waals surface area contributed by atoms with Crippen LogP contribution in [0.2, 0.25) is 5.02 Å². The highest BCUT2D eigenvalue weighted by molar-refractivity contribution is 7.07. The first-order valence-electron chi connectivity index (χ1n) is 6.98. The molecule has 0 bridgehead atoms. The number of nitrogens with zero attached hydrogens (tertiary/aromatic N) is 1. The van der Waals surface area contributed by atoms with Gasteiger partial charge in [-0.2, -0.15) is 11.3 Å². The molecule has 0 amide bonds. The lowest BCUT2D eigenvalue weighted by atomic mass is 10.1. The van der Waals surface area contributed by atoms with Gasteiger partial charge in [-0.15, -0.1) is 0 Å². The van der Waals surface area contributed by atoms with Crippen molar-refractivity contribution in [2.45, 2.75) is 32.0 Å². The van der Waals surface area contributed by atoms with E-state index in [2.05, 4.69) is 39.2 Å². The molecule has 3 rings (SSSR count). The van der Waals surface area contributed by atoms with E-state index < -0.39 is 0 Å². The summed E-state index contributed by atoms with van der Waals surface area (Å²) in [5, 5.41) is 8.44. The summed E-state index contributed by atoms with van der Waals surface area (Å²) in [6, 6.07) is 9.15. The third-order valence-electron chi connectivity index (χ3n) is 3.64. The summed E-state index contributed by atoms with van der Waals surface area (Å²) in [4.78, 5) is 2.53. The first-order valence-corrected chi connectivity index (χ1v) is 8.31. The van der Waals surface area contributed by atoms with Crippen molar-refractivity contribution in [1.82, 2.24) is 5.32 Å². The van der Waals surface area contributed by atoms with E-state index in [0.717, 1.165) is 18.1 Å². The van der Waals surface area contributed by atoms with Crippen molar-refractivity contribution in [3.05, 3.63) is 51.2 Å². The van der Waals surface area contributed by atoms with Crippen LogP contribution in [-0.2, 0) is 13.1 Å². The Labute approximate surface area is 129 Å². The molecule has 0 saturated heterocycles. The van der Waals surface area contributed by atoms with Crippen molar-refractivity contribution < 1.29 is 0 Å². The fraction of sp³-hybridized carbons (Fsp3) is 0.375. The molecule has 0 unspecified atom stereocenters.